The first-order chi connectivity index (χ1) is 14.4. The number of anilines is 1. The summed E-state index contributed by atoms with van der Waals surface area (Å²) in [7, 11) is 1.94. The molecule has 3 rings (SSSR count). The average molecular weight is 461 g/mol. The van der Waals surface area contributed by atoms with Gasteiger partial charge in [0.25, 0.3) is 11.8 Å². The molecule has 2 heterocycles. The number of amides is 2. The Kier molecular flexibility index (Phi) is 7.36. The van der Waals surface area contributed by atoms with Crippen molar-refractivity contribution < 1.29 is 9.59 Å². The van der Waals surface area contributed by atoms with E-state index in [1.165, 1.54) is 27.9 Å². The number of halogens is 1. The smallest absolute Gasteiger partial charge is 0.265 e. The Morgan fingerprint density at radius 2 is 2.07 bits per heavy atom. The van der Waals surface area contributed by atoms with Crippen LogP contribution in [0.1, 0.15) is 16.9 Å². The molecule has 1 N–H and O–H groups in total. The molecule has 6 nitrogen and oxygen atoms in total. The van der Waals surface area contributed by atoms with Crippen LogP contribution in [-0.2, 0) is 16.0 Å². The number of carbonyl (C=O) groups is 2. The molecule has 30 heavy (non-hydrogen) atoms. The molecule has 1 aliphatic rings. The van der Waals surface area contributed by atoms with Gasteiger partial charge in [0.15, 0.2) is 10.2 Å². The Balaban J connectivity index is 1.71. The fourth-order valence-corrected chi connectivity index (χ4v) is 4.37. The number of thiocarbonyl (C=S) groups is 1. The Bertz CT molecular complexity index is 1000. The van der Waals surface area contributed by atoms with E-state index >= 15 is 0 Å². The van der Waals surface area contributed by atoms with Crippen LogP contribution in [-0.4, -0.2) is 46.9 Å². The van der Waals surface area contributed by atoms with Gasteiger partial charge in [-0.3, -0.25) is 19.8 Å². The van der Waals surface area contributed by atoms with Crippen LogP contribution in [0.2, 0.25) is 5.15 Å². The van der Waals surface area contributed by atoms with Crippen LogP contribution in [0.5, 0.6) is 0 Å². The first kappa shape index (κ1) is 22.1. The predicted molar refractivity (Wildman–Crippen MR) is 126 cm³/mol. The van der Waals surface area contributed by atoms with Gasteiger partial charge in [-0.2, -0.15) is 0 Å². The molecule has 0 spiro atoms. The van der Waals surface area contributed by atoms with Gasteiger partial charge in [0.1, 0.15) is 10.7 Å². The second-order valence-electron chi connectivity index (χ2n) is 6.68. The molecule has 0 atom stereocenters. The summed E-state index contributed by atoms with van der Waals surface area (Å²) in [5.74, 6) is -1.03. The van der Waals surface area contributed by atoms with Gasteiger partial charge in [-0.25, -0.2) is 4.98 Å². The largest absolute Gasteiger partial charge is 0.351 e. The van der Waals surface area contributed by atoms with E-state index in [-0.39, 0.29) is 22.4 Å². The maximum Gasteiger partial charge on any atom is 0.265 e. The number of nitrogens with zero attached hydrogens (tertiary/aromatic N) is 3. The number of aryl methyl sites for hydroxylation is 1. The summed E-state index contributed by atoms with van der Waals surface area (Å²) in [5.41, 5.74) is 1.26. The summed E-state index contributed by atoms with van der Waals surface area (Å²) in [6.45, 7) is 4.62. The van der Waals surface area contributed by atoms with Gasteiger partial charge < -0.3 is 4.90 Å². The minimum Gasteiger partial charge on any atom is -0.351 e. The second kappa shape index (κ2) is 9.97. The molecule has 0 saturated carbocycles. The van der Waals surface area contributed by atoms with Crippen molar-refractivity contribution in [2.75, 3.05) is 25.0 Å². The third-order valence-corrected chi connectivity index (χ3v) is 6.34. The summed E-state index contributed by atoms with van der Waals surface area (Å²) in [4.78, 5) is 33.2. The van der Waals surface area contributed by atoms with E-state index in [2.05, 4.69) is 29.0 Å². The van der Waals surface area contributed by atoms with Crippen molar-refractivity contribution in [1.82, 2.24) is 15.2 Å². The van der Waals surface area contributed by atoms with Gasteiger partial charge in [0, 0.05) is 20.1 Å². The van der Waals surface area contributed by atoms with Gasteiger partial charge in [0.2, 0.25) is 0 Å². The van der Waals surface area contributed by atoms with Gasteiger partial charge in [-0.1, -0.05) is 59.3 Å². The van der Waals surface area contributed by atoms with Crippen molar-refractivity contribution >= 4 is 63.3 Å². The highest BCUT2D eigenvalue weighted by molar-refractivity contribution is 7.80. The lowest BCUT2D eigenvalue weighted by molar-refractivity contribution is -0.128. The van der Waals surface area contributed by atoms with E-state index in [1.54, 1.807) is 6.08 Å². The Morgan fingerprint density at radius 3 is 2.77 bits per heavy atom. The first-order valence-electron chi connectivity index (χ1n) is 9.32. The first-order valence-corrected chi connectivity index (χ1v) is 10.9. The molecule has 0 unspecified atom stereocenters. The third kappa shape index (κ3) is 5.13. The molecule has 156 valence electrons. The number of nitrogens with one attached hydrogen (secondary N) is 1. The summed E-state index contributed by atoms with van der Waals surface area (Å²) in [6, 6.07) is 10.3. The summed E-state index contributed by atoms with van der Waals surface area (Å²) >= 11 is 12.7. The Hall–Kier alpha value is -2.55. The van der Waals surface area contributed by atoms with Crippen LogP contribution < -0.4 is 10.2 Å². The topological polar surface area (TPSA) is 65.5 Å². The van der Waals surface area contributed by atoms with Crippen LogP contribution in [0.15, 0.2) is 48.6 Å². The zero-order valence-electron chi connectivity index (χ0n) is 16.4. The van der Waals surface area contributed by atoms with Crippen LogP contribution in [0.25, 0.3) is 6.08 Å². The minimum atomic E-state index is -0.549. The molecule has 1 saturated heterocycles. The molecule has 0 aliphatic carbocycles. The van der Waals surface area contributed by atoms with E-state index in [0.717, 1.165) is 24.5 Å². The van der Waals surface area contributed by atoms with Crippen molar-refractivity contribution in [3.8, 4) is 0 Å². The monoisotopic (exact) mass is 460 g/mol. The maximum absolute atomic E-state index is 12.7. The normalized spacial score (nSPS) is 15.5. The van der Waals surface area contributed by atoms with Crippen LogP contribution in [0.3, 0.4) is 0 Å². The molecule has 0 bridgehead atoms. The fraction of sp³-hybridized carbons (Fsp3) is 0.238. The highest BCUT2D eigenvalue weighted by atomic mass is 35.5. The Morgan fingerprint density at radius 1 is 1.33 bits per heavy atom. The molecular formula is C21H21ClN4O2S2. The molecule has 9 heteroatoms. The molecule has 1 fully saturated rings. The molecule has 2 amide bonds. The molecule has 2 aromatic rings. The van der Waals surface area contributed by atoms with Gasteiger partial charge in [0.05, 0.1) is 4.88 Å². The quantitative estimate of drug-likeness (QED) is 0.282. The number of carbonyl (C=O) groups excluding carboxylic acids is 2. The second-order valence-corrected chi connectivity index (χ2v) is 8.44. The van der Waals surface area contributed by atoms with Crippen molar-refractivity contribution in [3.05, 3.63) is 64.2 Å². The Labute approximate surface area is 189 Å². The van der Waals surface area contributed by atoms with Crippen molar-refractivity contribution in [3.63, 3.8) is 0 Å². The van der Waals surface area contributed by atoms with Gasteiger partial charge in [-0.05, 0) is 36.7 Å². The maximum atomic E-state index is 12.7. The molecule has 1 aromatic heterocycles. The number of aromatic nitrogens is 1. The lowest BCUT2D eigenvalue weighted by atomic mass is 10.1. The number of rotatable bonds is 8. The lowest BCUT2D eigenvalue weighted by Gasteiger charge is -2.27. The van der Waals surface area contributed by atoms with Crippen LogP contribution in [0.4, 0.5) is 5.13 Å². The zero-order valence-corrected chi connectivity index (χ0v) is 18.8. The lowest BCUT2D eigenvalue weighted by Crippen LogP contribution is -2.53. The average Bonchev–Trinajstić information content (AvgIpc) is 3.09. The van der Waals surface area contributed by atoms with Gasteiger partial charge >= 0.3 is 0 Å². The molecule has 1 aromatic carbocycles. The highest BCUT2D eigenvalue weighted by Crippen LogP contribution is 2.31. The number of benzene rings is 1. The van der Waals surface area contributed by atoms with E-state index in [4.69, 9.17) is 23.8 Å². The van der Waals surface area contributed by atoms with E-state index in [9.17, 15) is 9.59 Å². The number of thiazole rings is 1. The standard InChI is InChI=1S/C21H21ClN4O2S2/c1-3-11-26-19(28)15(18(27)24-20(26)29)13-16-17(22)23-21(30-16)25(2)12-7-10-14-8-5-4-6-9-14/h3-6,8-9,13H,1,7,10-12H2,2H3,(H,24,27,29)/b15-13+. The molecule has 0 radical (unpaired) electrons. The van der Waals surface area contributed by atoms with Crippen LogP contribution >= 0.6 is 35.2 Å². The number of hydrogen-bond acceptors (Lipinski definition) is 6. The van der Waals surface area contributed by atoms with Crippen molar-refractivity contribution in [1.29, 1.82) is 0 Å². The van der Waals surface area contributed by atoms with E-state index < -0.39 is 11.8 Å². The van der Waals surface area contributed by atoms with Crippen LogP contribution in [0, 0.1) is 0 Å². The molecule has 1 aliphatic heterocycles. The zero-order chi connectivity index (χ0) is 21.7. The predicted octanol–water partition coefficient (Wildman–Crippen LogP) is 3.68. The minimum absolute atomic E-state index is 0.0331. The highest BCUT2D eigenvalue weighted by Gasteiger charge is 2.33. The fourth-order valence-electron chi connectivity index (χ4n) is 2.94. The number of hydrogen-bond donors (Lipinski definition) is 1. The molecular weight excluding hydrogens is 440 g/mol. The van der Waals surface area contributed by atoms with Crippen molar-refractivity contribution in [2.24, 2.45) is 0 Å². The van der Waals surface area contributed by atoms with E-state index in [0.29, 0.717) is 4.88 Å². The van der Waals surface area contributed by atoms with Crippen molar-refractivity contribution in [2.45, 2.75) is 12.8 Å². The van der Waals surface area contributed by atoms with Gasteiger partial charge in [-0.15, -0.1) is 6.58 Å². The third-order valence-electron chi connectivity index (χ3n) is 4.50. The summed E-state index contributed by atoms with van der Waals surface area (Å²) in [5, 5.41) is 3.56. The SMILES string of the molecule is C=CCN1C(=O)/C(=C/c2sc(N(C)CCCc3ccccc3)nc2Cl)C(=O)NC1=S. The van der Waals surface area contributed by atoms with E-state index in [1.807, 2.05) is 30.1 Å². The summed E-state index contributed by atoms with van der Waals surface area (Å²) < 4.78 is 0. The summed E-state index contributed by atoms with van der Waals surface area (Å²) in [6.07, 6.45) is 4.94.